The average molecular weight is 344 g/mol. The van der Waals surface area contributed by atoms with E-state index >= 15 is 0 Å². The van der Waals surface area contributed by atoms with Crippen LogP contribution < -0.4 is 4.74 Å². The Morgan fingerprint density at radius 3 is 2.54 bits per heavy atom. The van der Waals surface area contributed by atoms with Gasteiger partial charge >= 0.3 is 0 Å². The van der Waals surface area contributed by atoms with Crippen LogP contribution >= 0.6 is 0 Å². The number of rotatable bonds is 3. The van der Waals surface area contributed by atoms with Crippen molar-refractivity contribution in [2.24, 2.45) is 41.4 Å². The lowest BCUT2D eigenvalue weighted by Crippen LogP contribution is -2.33. The summed E-state index contributed by atoms with van der Waals surface area (Å²) >= 11 is 0. The third-order valence-electron chi connectivity index (χ3n) is 7.30. The molecule has 130 valence electrons. The zero-order chi connectivity index (χ0) is 17.4. The summed E-state index contributed by atoms with van der Waals surface area (Å²) in [6.45, 7) is 0.569. The smallest absolute Gasteiger partial charge is 0.147 e. The average Bonchev–Trinajstić information content (AvgIpc) is 3.36. The van der Waals surface area contributed by atoms with Gasteiger partial charge in [-0.25, -0.2) is 0 Å². The minimum absolute atomic E-state index is 0.00990. The molecule has 0 spiro atoms. The lowest BCUT2D eigenvalue weighted by Gasteiger charge is -2.34. The Balaban J connectivity index is 1.26. The number of carbonyl (C=O) groups excluding carboxylic acids is 2. The third-order valence-corrected chi connectivity index (χ3v) is 7.30. The second kappa shape index (κ2) is 5.06. The molecule has 0 heterocycles. The van der Waals surface area contributed by atoms with Gasteiger partial charge in [0.15, 0.2) is 0 Å². The molecule has 2 aromatic carbocycles. The molecule has 0 aromatic heterocycles. The molecule has 4 aliphatic rings. The maximum atomic E-state index is 12.8. The van der Waals surface area contributed by atoms with Crippen molar-refractivity contribution >= 4 is 22.3 Å². The van der Waals surface area contributed by atoms with Crippen molar-refractivity contribution in [2.45, 2.75) is 6.42 Å². The van der Waals surface area contributed by atoms with Gasteiger partial charge < -0.3 is 4.74 Å². The SMILES string of the molecule is O=C1C2C=CC1C1C3C(=O)C(CC3COc3cccc4ccccc34)C21. The maximum Gasteiger partial charge on any atom is 0.147 e. The van der Waals surface area contributed by atoms with Crippen LogP contribution in [0, 0.1) is 41.4 Å². The van der Waals surface area contributed by atoms with Crippen molar-refractivity contribution in [1.29, 1.82) is 0 Å². The first kappa shape index (κ1) is 14.7. The molecule has 4 bridgehead atoms. The largest absolute Gasteiger partial charge is 0.493 e. The Labute approximate surface area is 152 Å². The molecule has 7 atom stereocenters. The number of hydrogen-bond acceptors (Lipinski definition) is 3. The van der Waals surface area contributed by atoms with Crippen LogP contribution in [-0.4, -0.2) is 18.2 Å². The first-order valence-corrected chi connectivity index (χ1v) is 9.60. The molecule has 6 rings (SSSR count). The molecule has 3 saturated carbocycles. The fourth-order valence-electron chi connectivity index (χ4n) is 6.36. The Morgan fingerprint density at radius 1 is 0.885 bits per heavy atom. The van der Waals surface area contributed by atoms with Crippen molar-refractivity contribution in [1.82, 2.24) is 0 Å². The van der Waals surface area contributed by atoms with Gasteiger partial charge in [-0.05, 0) is 29.7 Å². The van der Waals surface area contributed by atoms with Gasteiger partial charge in [-0.15, -0.1) is 0 Å². The molecule has 26 heavy (non-hydrogen) atoms. The predicted octanol–water partition coefficient (Wildman–Crippen LogP) is 3.67. The number of Topliss-reactive ketones (excluding diaryl/α,β-unsaturated/α-hetero) is 2. The summed E-state index contributed by atoms with van der Waals surface area (Å²) < 4.78 is 6.20. The van der Waals surface area contributed by atoms with Crippen LogP contribution in [0.15, 0.2) is 54.6 Å². The molecular formula is C23H20O3. The van der Waals surface area contributed by atoms with E-state index in [1.165, 1.54) is 0 Å². The third kappa shape index (κ3) is 1.74. The molecule has 3 nitrogen and oxygen atoms in total. The molecular weight excluding hydrogens is 324 g/mol. The summed E-state index contributed by atoms with van der Waals surface area (Å²) in [7, 11) is 0. The summed E-state index contributed by atoms with van der Waals surface area (Å²) in [4.78, 5) is 25.3. The summed E-state index contributed by atoms with van der Waals surface area (Å²) in [6, 6.07) is 14.3. The normalized spacial score (nSPS) is 39.2. The highest BCUT2D eigenvalue weighted by molar-refractivity contribution is 5.99. The number of benzene rings is 2. The van der Waals surface area contributed by atoms with E-state index in [1.807, 2.05) is 24.3 Å². The van der Waals surface area contributed by atoms with Crippen LogP contribution in [0.4, 0.5) is 0 Å². The lowest BCUT2D eigenvalue weighted by molar-refractivity contribution is -0.125. The van der Waals surface area contributed by atoms with E-state index in [2.05, 4.69) is 30.4 Å². The van der Waals surface area contributed by atoms with E-state index in [0.29, 0.717) is 18.2 Å². The van der Waals surface area contributed by atoms with Crippen LogP contribution in [0.25, 0.3) is 10.8 Å². The van der Waals surface area contributed by atoms with Crippen molar-refractivity contribution in [2.75, 3.05) is 6.61 Å². The predicted molar refractivity (Wildman–Crippen MR) is 97.6 cm³/mol. The Kier molecular flexibility index (Phi) is 2.87. The number of hydrogen-bond donors (Lipinski definition) is 0. The molecule has 3 heteroatoms. The van der Waals surface area contributed by atoms with Crippen molar-refractivity contribution < 1.29 is 14.3 Å². The highest BCUT2D eigenvalue weighted by atomic mass is 16.5. The molecule has 0 radical (unpaired) electrons. The van der Waals surface area contributed by atoms with Crippen LogP contribution in [-0.2, 0) is 9.59 Å². The van der Waals surface area contributed by atoms with Crippen LogP contribution in [0.2, 0.25) is 0 Å². The van der Waals surface area contributed by atoms with Gasteiger partial charge in [0.25, 0.3) is 0 Å². The van der Waals surface area contributed by atoms with Crippen molar-refractivity contribution in [3.63, 3.8) is 0 Å². The highest BCUT2D eigenvalue weighted by Gasteiger charge is 2.68. The number of ether oxygens (including phenoxy) is 1. The van der Waals surface area contributed by atoms with Gasteiger partial charge in [-0.3, -0.25) is 9.59 Å². The fraction of sp³-hybridized carbons (Fsp3) is 0.391. The quantitative estimate of drug-likeness (QED) is 0.630. The van der Waals surface area contributed by atoms with E-state index in [1.54, 1.807) is 0 Å². The van der Waals surface area contributed by atoms with E-state index in [0.717, 1.165) is 22.9 Å². The monoisotopic (exact) mass is 344 g/mol. The highest BCUT2D eigenvalue weighted by Crippen LogP contribution is 2.64. The van der Waals surface area contributed by atoms with Crippen molar-refractivity contribution in [3.05, 3.63) is 54.6 Å². The summed E-state index contributed by atoms with van der Waals surface area (Å²) in [5.74, 6) is 2.52. The molecule has 2 aromatic rings. The number of carbonyl (C=O) groups is 2. The summed E-state index contributed by atoms with van der Waals surface area (Å²) in [5, 5.41) is 2.28. The zero-order valence-electron chi connectivity index (χ0n) is 14.4. The minimum atomic E-state index is -0.00990. The lowest BCUT2D eigenvalue weighted by atomic mass is 9.69. The topological polar surface area (TPSA) is 43.4 Å². The van der Waals surface area contributed by atoms with E-state index in [-0.39, 0.29) is 41.4 Å². The molecule has 0 N–H and O–H groups in total. The van der Waals surface area contributed by atoms with Crippen LogP contribution in [0.1, 0.15) is 6.42 Å². The first-order valence-electron chi connectivity index (χ1n) is 9.60. The van der Waals surface area contributed by atoms with Gasteiger partial charge in [0, 0.05) is 35.0 Å². The Bertz CT molecular complexity index is 969. The summed E-state index contributed by atoms with van der Waals surface area (Å²) in [6.07, 6.45) is 5.01. The van der Waals surface area contributed by atoms with Gasteiger partial charge in [0.1, 0.15) is 17.3 Å². The first-order chi connectivity index (χ1) is 12.7. The van der Waals surface area contributed by atoms with Crippen LogP contribution in [0.5, 0.6) is 5.75 Å². The van der Waals surface area contributed by atoms with Gasteiger partial charge in [0.2, 0.25) is 0 Å². The summed E-state index contributed by atoms with van der Waals surface area (Å²) in [5.41, 5.74) is 0. The molecule has 0 amide bonds. The molecule has 0 saturated heterocycles. The second-order valence-corrected chi connectivity index (χ2v) is 8.31. The van der Waals surface area contributed by atoms with Gasteiger partial charge in [-0.1, -0.05) is 48.6 Å². The van der Waals surface area contributed by atoms with Crippen LogP contribution in [0.3, 0.4) is 0 Å². The fourth-order valence-corrected chi connectivity index (χ4v) is 6.36. The molecule has 3 fully saturated rings. The maximum absolute atomic E-state index is 12.8. The van der Waals surface area contributed by atoms with Gasteiger partial charge in [-0.2, -0.15) is 0 Å². The Morgan fingerprint density at radius 2 is 1.65 bits per heavy atom. The molecule has 7 unspecified atom stereocenters. The second-order valence-electron chi connectivity index (χ2n) is 8.31. The minimum Gasteiger partial charge on any atom is -0.493 e. The zero-order valence-corrected chi connectivity index (χ0v) is 14.4. The van der Waals surface area contributed by atoms with Gasteiger partial charge in [0.05, 0.1) is 6.61 Å². The molecule has 0 aliphatic heterocycles. The Hall–Kier alpha value is -2.42. The van der Waals surface area contributed by atoms with E-state index in [9.17, 15) is 9.59 Å². The number of ketones is 2. The van der Waals surface area contributed by atoms with E-state index in [4.69, 9.17) is 4.74 Å². The van der Waals surface area contributed by atoms with Crippen molar-refractivity contribution in [3.8, 4) is 5.75 Å². The molecule has 4 aliphatic carbocycles. The standard InChI is InChI=1S/C23H20O3/c24-22-15-8-9-16(22)21-19-13(10-17(20(15)21)23(19)25)11-26-18-7-3-5-12-4-1-2-6-14(12)18/h1-9,13,15-17,19-21H,10-11H2. The number of allylic oxidation sites excluding steroid dienone is 2. The number of fused-ring (bicyclic) bond motifs is 10. The van der Waals surface area contributed by atoms with E-state index < -0.39 is 0 Å².